The van der Waals surface area contributed by atoms with Gasteiger partial charge in [-0.05, 0) is 31.0 Å². The molecule has 1 aliphatic rings. The van der Waals surface area contributed by atoms with Crippen LogP contribution in [-0.4, -0.2) is 16.8 Å². The predicted molar refractivity (Wildman–Crippen MR) is 114 cm³/mol. The molecule has 3 aromatic rings. The Hall–Kier alpha value is -3.66. The molecule has 1 amide bonds. The second-order valence-corrected chi connectivity index (χ2v) is 7.24. The molecular formula is C25H21NO3. The Bertz CT molecular complexity index is 1130. The fraction of sp³-hybridized carbons (Fsp3) is 0.120. The predicted octanol–water partition coefficient (Wildman–Crippen LogP) is 4.93. The summed E-state index contributed by atoms with van der Waals surface area (Å²) in [6.45, 7) is 3.86. The van der Waals surface area contributed by atoms with Crippen molar-refractivity contribution >= 4 is 23.1 Å². The Morgan fingerprint density at radius 1 is 0.862 bits per heavy atom. The quantitative estimate of drug-likeness (QED) is 0.396. The molecule has 0 saturated carbocycles. The van der Waals surface area contributed by atoms with E-state index in [-0.39, 0.29) is 11.3 Å². The highest BCUT2D eigenvalue weighted by atomic mass is 16.3. The van der Waals surface area contributed by atoms with Gasteiger partial charge in [0, 0.05) is 11.3 Å². The number of hydrogen-bond donors (Lipinski definition) is 1. The van der Waals surface area contributed by atoms with E-state index in [0.717, 1.165) is 16.7 Å². The molecule has 1 fully saturated rings. The third kappa shape index (κ3) is 3.23. The normalized spacial score (nSPS) is 18.3. The third-order valence-electron chi connectivity index (χ3n) is 5.22. The lowest BCUT2D eigenvalue weighted by molar-refractivity contribution is -0.132. The van der Waals surface area contributed by atoms with Crippen molar-refractivity contribution in [2.45, 2.75) is 19.9 Å². The number of amides is 1. The van der Waals surface area contributed by atoms with Crippen LogP contribution >= 0.6 is 0 Å². The second kappa shape index (κ2) is 7.40. The van der Waals surface area contributed by atoms with Gasteiger partial charge in [-0.15, -0.1) is 0 Å². The van der Waals surface area contributed by atoms with E-state index in [0.29, 0.717) is 11.3 Å². The minimum Gasteiger partial charge on any atom is -0.507 e. The zero-order chi connectivity index (χ0) is 20.5. The minimum atomic E-state index is -0.698. The van der Waals surface area contributed by atoms with E-state index >= 15 is 0 Å². The molecule has 1 aliphatic heterocycles. The monoisotopic (exact) mass is 383 g/mol. The summed E-state index contributed by atoms with van der Waals surface area (Å²) in [4.78, 5) is 27.7. The van der Waals surface area contributed by atoms with Gasteiger partial charge in [-0.25, -0.2) is 0 Å². The number of carbonyl (C=O) groups is 2. The van der Waals surface area contributed by atoms with Gasteiger partial charge in [0.25, 0.3) is 11.7 Å². The minimum absolute atomic E-state index is 0.107. The summed E-state index contributed by atoms with van der Waals surface area (Å²) < 4.78 is 0. The summed E-state index contributed by atoms with van der Waals surface area (Å²) in [7, 11) is 0. The van der Waals surface area contributed by atoms with Crippen LogP contribution < -0.4 is 4.90 Å². The van der Waals surface area contributed by atoms with Crippen LogP contribution in [0.3, 0.4) is 0 Å². The smallest absolute Gasteiger partial charge is 0.300 e. The van der Waals surface area contributed by atoms with E-state index in [1.165, 1.54) is 4.90 Å². The van der Waals surface area contributed by atoms with Gasteiger partial charge in [0.2, 0.25) is 0 Å². The van der Waals surface area contributed by atoms with Crippen LogP contribution in [-0.2, 0) is 9.59 Å². The van der Waals surface area contributed by atoms with Crippen LogP contribution in [0.4, 0.5) is 5.69 Å². The summed E-state index contributed by atoms with van der Waals surface area (Å²) in [6.07, 6.45) is 0. The number of benzene rings is 3. The number of anilines is 1. The number of ketones is 1. The Morgan fingerprint density at radius 3 is 2.24 bits per heavy atom. The number of hydrogen-bond acceptors (Lipinski definition) is 3. The first kappa shape index (κ1) is 18.7. The molecule has 1 atom stereocenters. The number of nitrogens with zero attached hydrogens (tertiary/aromatic N) is 1. The molecule has 144 valence electrons. The fourth-order valence-electron chi connectivity index (χ4n) is 3.82. The van der Waals surface area contributed by atoms with Gasteiger partial charge in [0.15, 0.2) is 0 Å². The number of aliphatic hydroxyl groups excluding tert-OH is 1. The van der Waals surface area contributed by atoms with Gasteiger partial charge >= 0.3 is 0 Å². The van der Waals surface area contributed by atoms with Gasteiger partial charge in [0.1, 0.15) is 5.76 Å². The zero-order valence-electron chi connectivity index (χ0n) is 16.3. The Labute approximate surface area is 169 Å². The summed E-state index contributed by atoms with van der Waals surface area (Å²) in [5, 5.41) is 11.0. The Kier molecular flexibility index (Phi) is 4.77. The van der Waals surface area contributed by atoms with Crippen molar-refractivity contribution in [2.75, 3.05) is 4.90 Å². The van der Waals surface area contributed by atoms with E-state index in [4.69, 9.17) is 0 Å². The number of aryl methyl sites for hydroxylation is 2. The molecule has 29 heavy (non-hydrogen) atoms. The van der Waals surface area contributed by atoms with Crippen LogP contribution in [0.15, 0.2) is 84.4 Å². The average Bonchev–Trinajstić information content (AvgIpc) is 2.99. The summed E-state index contributed by atoms with van der Waals surface area (Å²) in [6, 6.07) is 23.3. The maximum absolute atomic E-state index is 13.1. The van der Waals surface area contributed by atoms with E-state index in [1.54, 1.807) is 24.3 Å². The molecule has 1 unspecified atom stereocenters. The average molecular weight is 383 g/mol. The maximum Gasteiger partial charge on any atom is 0.300 e. The van der Waals surface area contributed by atoms with Gasteiger partial charge in [-0.2, -0.15) is 0 Å². The summed E-state index contributed by atoms with van der Waals surface area (Å²) in [5.41, 5.74) is 3.95. The molecule has 4 rings (SSSR count). The van der Waals surface area contributed by atoms with E-state index in [1.807, 2.05) is 68.4 Å². The fourth-order valence-corrected chi connectivity index (χ4v) is 3.82. The molecule has 4 nitrogen and oxygen atoms in total. The number of para-hydroxylation sites is 1. The largest absolute Gasteiger partial charge is 0.507 e. The molecule has 1 saturated heterocycles. The van der Waals surface area contributed by atoms with E-state index in [9.17, 15) is 14.7 Å². The standard InChI is InChI=1S/C25H21NO3/c1-16-9-8-13-19(15-16)22-21(23(27)18-11-4-3-5-12-18)24(28)25(29)26(22)20-14-7-6-10-17(20)2/h3-15,22,27H,1-2H3/b23-21-. The molecule has 0 bridgehead atoms. The SMILES string of the molecule is Cc1cccc(C2/C(=C(/O)c3ccccc3)C(=O)C(=O)N2c2ccccc2C)c1. The summed E-state index contributed by atoms with van der Waals surface area (Å²) in [5.74, 6) is -1.48. The number of Topliss-reactive ketones (excluding diaryl/α,β-unsaturated/α-hetero) is 1. The molecule has 1 heterocycles. The van der Waals surface area contributed by atoms with Gasteiger partial charge in [-0.1, -0.05) is 78.4 Å². The van der Waals surface area contributed by atoms with Gasteiger partial charge in [-0.3, -0.25) is 14.5 Å². The van der Waals surface area contributed by atoms with Crippen molar-refractivity contribution in [3.8, 4) is 0 Å². The highest BCUT2D eigenvalue weighted by Gasteiger charge is 2.47. The van der Waals surface area contributed by atoms with Crippen molar-refractivity contribution in [2.24, 2.45) is 0 Å². The highest BCUT2D eigenvalue weighted by Crippen LogP contribution is 2.43. The molecule has 0 aromatic heterocycles. The van der Waals surface area contributed by atoms with E-state index in [2.05, 4.69) is 0 Å². The zero-order valence-corrected chi connectivity index (χ0v) is 16.3. The number of aliphatic hydroxyl groups is 1. The van der Waals surface area contributed by atoms with Crippen molar-refractivity contribution in [1.82, 2.24) is 0 Å². The van der Waals surface area contributed by atoms with Crippen molar-refractivity contribution in [3.05, 3.63) is 107 Å². The second-order valence-electron chi connectivity index (χ2n) is 7.24. The maximum atomic E-state index is 13.1. The van der Waals surface area contributed by atoms with Crippen molar-refractivity contribution in [1.29, 1.82) is 0 Å². The first-order chi connectivity index (χ1) is 14.0. The molecule has 1 N–H and O–H groups in total. The summed E-state index contributed by atoms with van der Waals surface area (Å²) >= 11 is 0. The highest BCUT2D eigenvalue weighted by molar-refractivity contribution is 6.51. The molecule has 4 heteroatoms. The van der Waals surface area contributed by atoms with Gasteiger partial charge in [0.05, 0.1) is 11.6 Å². The van der Waals surface area contributed by atoms with Crippen LogP contribution in [0.5, 0.6) is 0 Å². The Balaban J connectivity index is 1.99. The van der Waals surface area contributed by atoms with Crippen LogP contribution in [0.1, 0.15) is 28.3 Å². The van der Waals surface area contributed by atoms with Crippen LogP contribution in [0, 0.1) is 13.8 Å². The first-order valence-corrected chi connectivity index (χ1v) is 9.47. The van der Waals surface area contributed by atoms with Crippen molar-refractivity contribution in [3.63, 3.8) is 0 Å². The number of carbonyl (C=O) groups excluding carboxylic acids is 2. The van der Waals surface area contributed by atoms with Crippen LogP contribution in [0.25, 0.3) is 5.76 Å². The van der Waals surface area contributed by atoms with Crippen molar-refractivity contribution < 1.29 is 14.7 Å². The van der Waals surface area contributed by atoms with Gasteiger partial charge < -0.3 is 5.11 Å². The first-order valence-electron chi connectivity index (χ1n) is 9.47. The number of rotatable bonds is 3. The lowest BCUT2D eigenvalue weighted by Gasteiger charge is -2.27. The Morgan fingerprint density at radius 2 is 1.55 bits per heavy atom. The lowest BCUT2D eigenvalue weighted by Crippen LogP contribution is -2.30. The molecular weight excluding hydrogens is 362 g/mol. The van der Waals surface area contributed by atoms with E-state index < -0.39 is 17.7 Å². The third-order valence-corrected chi connectivity index (χ3v) is 5.22. The van der Waals surface area contributed by atoms with Crippen LogP contribution in [0.2, 0.25) is 0 Å². The molecule has 0 spiro atoms. The molecule has 0 radical (unpaired) electrons. The lowest BCUT2D eigenvalue weighted by atomic mass is 9.94. The molecule has 0 aliphatic carbocycles. The molecule has 3 aromatic carbocycles. The topological polar surface area (TPSA) is 57.6 Å².